The summed E-state index contributed by atoms with van der Waals surface area (Å²) in [5, 5.41) is 0. The number of H-pyrrole nitrogens is 1. The van der Waals surface area contributed by atoms with Gasteiger partial charge in [0.2, 0.25) is 0 Å². The number of rotatable bonds is 6. The summed E-state index contributed by atoms with van der Waals surface area (Å²) in [6.45, 7) is 0. The second-order valence-electron chi connectivity index (χ2n) is 6.15. The Kier molecular flexibility index (Phi) is 6.36. The predicted octanol–water partition coefficient (Wildman–Crippen LogP) is 1.26. The Balaban J connectivity index is 1.74. The number of aromatic amines is 1. The van der Waals surface area contributed by atoms with Crippen LogP contribution in [0.2, 0.25) is 0 Å². The van der Waals surface area contributed by atoms with Crippen LogP contribution in [0, 0.1) is 0 Å². The van der Waals surface area contributed by atoms with E-state index in [1.807, 2.05) is 0 Å². The number of amides is 2. The number of aromatic nitrogens is 1. The molecule has 1 aromatic heterocycles. The van der Waals surface area contributed by atoms with Crippen molar-refractivity contribution in [3.8, 4) is 5.75 Å². The molecule has 4 N–H and O–H groups in total. The quantitative estimate of drug-likeness (QED) is 0.423. The van der Waals surface area contributed by atoms with E-state index < -0.39 is 27.4 Å². The molecule has 2 amide bonds. The largest absolute Gasteiger partial charge is 0.495 e. The fourth-order valence-corrected chi connectivity index (χ4v) is 3.71. The summed E-state index contributed by atoms with van der Waals surface area (Å²) in [5.41, 5.74) is 3.65. The van der Waals surface area contributed by atoms with Gasteiger partial charge in [0, 0.05) is 11.8 Å². The van der Waals surface area contributed by atoms with Gasteiger partial charge in [-0.2, -0.15) is 0 Å². The monoisotopic (exact) mass is 442 g/mol. The molecule has 11 heteroatoms. The molecule has 31 heavy (non-hydrogen) atoms. The van der Waals surface area contributed by atoms with E-state index >= 15 is 0 Å². The molecule has 3 aromatic rings. The predicted molar refractivity (Wildman–Crippen MR) is 112 cm³/mol. The summed E-state index contributed by atoms with van der Waals surface area (Å²) in [7, 11) is -2.61. The number of carbonyl (C=O) groups is 2. The standard InChI is InChI=1S/C20H18N4O6S/c1-30-17-10-3-2-9-16(17)24-31(28,29)14-7-4-6-13(12-14)18(25)22-23-20(27)15-8-5-11-21-19(15)26/h2-12,24H,1H3,(H,21,26)(H,22,25)(H,23,27). The van der Waals surface area contributed by atoms with Crippen molar-refractivity contribution >= 4 is 27.5 Å². The number of carbonyl (C=O) groups excluding carboxylic acids is 2. The number of hydrogen-bond donors (Lipinski definition) is 4. The first-order valence-electron chi connectivity index (χ1n) is 8.86. The van der Waals surface area contributed by atoms with Crippen LogP contribution in [-0.4, -0.2) is 32.3 Å². The minimum atomic E-state index is -4.02. The summed E-state index contributed by atoms with van der Waals surface area (Å²) in [5.74, 6) is -1.26. The summed E-state index contributed by atoms with van der Waals surface area (Å²) >= 11 is 0. The molecule has 3 rings (SSSR count). The van der Waals surface area contributed by atoms with Gasteiger partial charge in [-0.25, -0.2) is 8.42 Å². The third kappa shape index (κ3) is 5.08. The van der Waals surface area contributed by atoms with E-state index in [0.717, 1.165) is 6.07 Å². The average molecular weight is 442 g/mol. The Labute approximate surface area is 177 Å². The van der Waals surface area contributed by atoms with Gasteiger partial charge in [-0.15, -0.1) is 0 Å². The van der Waals surface area contributed by atoms with Crippen LogP contribution in [0.25, 0.3) is 0 Å². The molecule has 0 bridgehead atoms. The third-order valence-corrected chi connectivity index (χ3v) is 5.47. The highest BCUT2D eigenvalue weighted by atomic mass is 32.2. The van der Waals surface area contributed by atoms with Gasteiger partial charge < -0.3 is 9.72 Å². The van der Waals surface area contributed by atoms with E-state index in [-0.39, 0.29) is 21.7 Å². The van der Waals surface area contributed by atoms with Crippen LogP contribution < -0.4 is 25.9 Å². The maximum absolute atomic E-state index is 12.7. The average Bonchev–Trinajstić information content (AvgIpc) is 2.77. The minimum Gasteiger partial charge on any atom is -0.495 e. The first-order chi connectivity index (χ1) is 14.8. The second-order valence-corrected chi connectivity index (χ2v) is 7.84. The van der Waals surface area contributed by atoms with E-state index in [9.17, 15) is 22.8 Å². The van der Waals surface area contributed by atoms with Crippen molar-refractivity contribution < 1.29 is 22.7 Å². The van der Waals surface area contributed by atoms with Gasteiger partial charge >= 0.3 is 0 Å². The van der Waals surface area contributed by atoms with Crippen molar-refractivity contribution in [1.82, 2.24) is 15.8 Å². The zero-order chi connectivity index (χ0) is 22.4. The van der Waals surface area contributed by atoms with Gasteiger partial charge in [0.25, 0.3) is 27.4 Å². The van der Waals surface area contributed by atoms with Crippen molar-refractivity contribution in [2.45, 2.75) is 4.90 Å². The van der Waals surface area contributed by atoms with Crippen LogP contribution in [-0.2, 0) is 10.0 Å². The Hall–Kier alpha value is -4.12. The molecule has 0 saturated heterocycles. The number of para-hydroxylation sites is 2. The van der Waals surface area contributed by atoms with Crippen molar-refractivity contribution in [2.24, 2.45) is 0 Å². The maximum Gasteiger partial charge on any atom is 0.275 e. The van der Waals surface area contributed by atoms with Crippen LogP contribution in [0.15, 0.2) is 76.6 Å². The van der Waals surface area contributed by atoms with Crippen molar-refractivity contribution in [1.29, 1.82) is 0 Å². The number of methoxy groups -OCH3 is 1. The molecular formula is C20H18N4O6S. The van der Waals surface area contributed by atoms with E-state index in [4.69, 9.17) is 4.74 Å². The third-order valence-electron chi connectivity index (χ3n) is 4.11. The molecule has 0 aliphatic rings. The zero-order valence-electron chi connectivity index (χ0n) is 16.2. The SMILES string of the molecule is COc1ccccc1NS(=O)(=O)c1cccc(C(=O)NNC(=O)c2ccc[nH]c2=O)c1. The summed E-state index contributed by atoms with van der Waals surface area (Å²) < 4.78 is 33.0. The molecule has 0 aliphatic heterocycles. The number of nitrogens with one attached hydrogen (secondary N) is 4. The fourth-order valence-electron chi connectivity index (χ4n) is 2.59. The Bertz CT molecular complexity index is 1290. The van der Waals surface area contributed by atoms with Crippen molar-refractivity contribution in [2.75, 3.05) is 11.8 Å². The minimum absolute atomic E-state index is 0.0230. The molecular weight excluding hydrogens is 424 g/mol. The van der Waals surface area contributed by atoms with Crippen LogP contribution in [0.4, 0.5) is 5.69 Å². The molecule has 0 saturated carbocycles. The number of pyridine rings is 1. The van der Waals surface area contributed by atoms with Gasteiger partial charge in [0.05, 0.1) is 17.7 Å². The zero-order valence-corrected chi connectivity index (χ0v) is 17.0. The first-order valence-corrected chi connectivity index (χ1v) is 10.3. The van der Waals surface area contributed by atoms with E-state index in [0.29, 0.717) is 5.75 Å². The molecule has 160 valence electrons. The normalized spacial score (nSPS) is 10.7. The molecule has 0 aliphatic carbocycles. The summed E-state index contributed by atoms with van der Waals surface area (Å²) in [4.78, 5) is 38.2. The number of benzene rings is 2. The van der Waals surface area contributed by atoms with Gasteiger partial charge in [-0.1, -0.05) is 18.2 Å². The lowest BCUT2D eigenvalue weighted by molar-refractivity contribution is 0.0845. The number of hydrogen-bond acceptors (Lipinski definition) is 6. The molecule has 10 nitrogen and oxygen atoms in total. The molecule has 2 aromatic carbocycles. The highest BCUT2D eigenvalue weighted by molar-refractivity contribution is 7.92. The summed E-state index contributed by atoms with van der Waals surface area (Å²) in [6.07, 6.45) is 1.36. The first kappa shape index (κ1) is 21.6. The lowest BCUT2D eigenvalue weighted by Crippen LogP contribution is -2.43. The van der Waals surface area contributed by atoms with Crippen molar-refractivity contribution in [3.05, 3.63) is 88.3 Å². The number of anilines is 1. The molecule has 0 atom stereocenters. The summed E-state index contributed by atoms with van der Waals surface area (Å²) in [6, 6.07) is 14.4. The number of hydrazine groups is 1. The Morgan fingerprint density at radius 3 is 2.42 bits per heavy atom. The van der Waals surface area contributed by atoms with Gasteiger partial charge in [0.15, 0.2) is 0 Å². The van der Waals surface area contributed by atoms with E-state index in [1.54, 1.807) is 18.2 Å². The van der Waals surface area contributed by atoms with Gasteiger partial charge in [0.1, 0.15) is 11.3 Å². The number of sulfonamides is 1. The second kappa shape index (κ2) is 9.13. The maximum atomic E-state index is 12.7. The Morgan fingerprint density at radius 1 is 0.935 bits per heavy atom. The topological polar surface area (TPSA) is 146 Å². The molecule has 1 heterocycles. The van der Waals surface area contributed by atoms with Crippen LogP contribution in [0.3, 0.4) is 0 Å². The fraction of sp³-hybridized carbons (Fsp3) is 0.0500. The van der Waals surface area contributed by atoms with E-state index in [2.05, 4.69) is 20.6 Å². The molecule has 0 fully saturated rings. The van der Waals surface area contributed by atoms with Crippen LogP contribution in [0.5, 0.6) is 5.75 Å². The van der Waals surface area contributed by atoms with Crippen molar-refractivity contribution in [3.63, 3.8) is 0 Å². The Morgan fingerprint density at radius 2 is 1.68 bits per heavy atom. The van der Waals surface area contributed by atoms with Gasteiger partial charge in [-0.05, 0) is 42.5 Å². The molecule has 0 radical (unpaired) electrons. The molecule has 0 unspecified atom stereocenters. The van der Waals surface area contributed by atoms with Crippen LogP contribution in [0.1, 0.15) is 20.7 Å². The lowest BCUT2D eigenvalue weighted by atomic mass is 10.2. The van der Waals surface area contributed by atoms with Gasteiger partial charge in [-0.3, -0.25) is 30.0 Å². The highest BCUT2D eigenvalue weighted by Gasteiger charge is 2.19. The van der Waals surface area contributed by atoms with Crippen LogP contribution >= 0.6 is 0 Å². The molecule has 0 spiro atoms. The number of ether oxygens (including phenoxy) is 1. The van der Waals surface area contributed by atoms with E-state index in [1.165, 1.54) is 49.7 Å². The smallest absolute Gasteiger partial charge is 0.275 e. The highest BCUT2D eigenvalue weighted by Crippen LogP contribution is 2.26. The lowest BCUT2D eigenvalue weighted by Gasteiger charge is -2.12.